The van der Waals surface area contributed by atoms with Gasteiger partial charge in [-0.25, -0.2) is 0 Å². The molecule has 4 nitrogen and oxygen atoms in total. The van der Waals surface area contributed by atoms with Crippen molar-refractivity contribution in [3.63, 3.8) is 0 Å². The van der Waals surface area contributed by atoms with Crippen molar-refractivity contribution in [1.82, 2.24) is 10.3 Å². The molecule has 1 aliphatic rings. The highest BCUT2D eigenvalue weighted by atomic mass is 16.4. The van der Waals surface area contributed by atoms with Crippen molar-refractivity contribution >= 4 is 5.97 Å². The van der Waals surface area contributed by atoms with E-state index in [1.54, 1.807) is 12.4 Å². The van der Waals surface area contributed by atoms with Crippen LogP contribution in [0, 0.1) is 5.41 Å². The van der Waals surface area contributed by atoms with Crippen LogP contribution in [0.2, 0.25) is 0 Å². The summed E-state index contributed by atoms with van der Waals surface area (Å²) in [6.07, 6.45) is 3.97. The van der Waals surface area contributed by atoms with Crippen LogP contribution < -0.4 is 5.32 Å². The Labute approximate surface area is 82.0 Å². The fraction of sp³-hybridized carbons (Fsp3) is 0.400. The summed E-state index contributed by atoms with van der Waals surface area (Å²) < 4.78 is 0. The van der Waals surface area contributed by atoms with Gasteiger partial charge < -0.3 is 10.4 Å². The van der Waals surface area contributed by atoms with Crippen LogP contribution in [0.5, 0.6) is 0 Å². The average Bonchev–Trinajstić information content (AvgIpc) is 2.12. The zero-order chi connectivity index (χ0) is 10.0. The van der Waals surface area contributed by atoms with Gasteiger partial charge >= 0.3 is 5.97 Å². The highest BCUT2D eigenvalue weighted by molar-refractivity contribution is 5.77. The van der Waals surface area contributed by atoms with Crippen LogP contribution >= 0.6 is 0 Å². The zero-order valence-corrected chi connectivity index (χ0v) is 7.73. The second-order valence-corrected chi connectivity index (χ2v) is 3.73. The number of carbonyl (C=O) groups is 1. The Morgan fingerprint density at radius 1 is 1.64 bits per heavy atom. The molecule has 0 saturated carbocycles. The molecule has 2 N–H and O–H groups in total. The van der Waals surface area contributed by atoms with Crippen LogP contribution in [0.4, 0.5) is 0 Å². The summed E-state index contributed by atoms with van der Waals surface area (Å²) in [5, 5.41) is 12.1. The van der Waals surface area contributed by atoms with Crippen molar-refractivity contribution in [2.75, 3.05) is 13.1 Å². The van der Waals surface area contributed by atoms with Crippen molar-refractivity contribution in [2.45, 2.75) is 6.42 Å². The largest absolute Gasteiger partial charge is 0.481 e. The lowest BCUT2D eigenvalue weighted by molar-refractivity contribution is -0.152. The Kier molecular flexibility index (Phi) is 2.21. The Balaban J connectivity index is 2.13. The third kappa shape index (κ3) is 1.48. The van der Waals surface area contributed by atoms with Gasteiger partial charge in [-0.2, -0.15) is 0 Å². The molecular formula is C10H12N2O2. The lowest BCUT2D eigenvalue weighted by Gasteiger charge is -2.38. The first-order valence-electron chi connectivity index (χ1n) is 4.56. The molecule has 0 bridgehead atoms. The van der Waals surface area contributed by atoms with E-state index in [0.717, 1.165) is 5.56 Å². The van der Waals surface area contributed by atoms with Gasteiger partial charge in [0.25, 0.3) is 0 Å². The van der Waals surface area contributed by atoms with Crippen molar-refractivity contribution in [1.29, 1.82) is 0 Å². The summed E-state index contributed by atoms with van der Waals surface area (Å²) in [5.41, 5.74) is 0.375. The van der Waals surface area contributed by atoms with Crippen LogP contribution in [0.3, 0.4) is 0 Å². The maximum Gasteiger partial charge on any atom is 0.312 e. The molecule has 1 saturated heterocycles. The Morgan fingerprint density at radius 2 is 2.43 bits per heavy atom. The maximum atomic E-state index is 11.0. The van der Waals surface area contributed by atoms with E-state index in [-0.39, 0.29) is 0 Å². The van der Waals surface area contributed by atoms with Crippen molar-refractivity contribution < 1.29 is 9.90 Å². The highest BCUT2D eigenvalue weighted by Gasteiger charge is 2.44. The van der Waals surface area contributed by atoms with Gasteiger partial charge in [0.15, 0.2) is 0 Å². The first kappa shape index (κ1) is 9.15. The molecule has 1 fully saturated rings. The van der Waals surface area contributed by atoms with E-state index in [4.69, 9.17) is 5.11 Å². The lowest BCUT2D eigenvalue weighted by Crippen LogP contribution is -2.59. The van der Waals surface area contributed by atoms with Gasteiger partial charge in [0.05, 0.1) is 5.41 Å². The number of rotatable bonds is 3. The van der Waals surface area contributed by atoms with Gasteiger partial charge in [0.2, 0.25) is 0 Å². The van der Waals surface area contributed by atoms with E-state index in [2.05, 4.69) is 10.3 Å². The first-order chi connectivity index (χ1) is 6.73. The summed E-state index contributed by atoms with van der Waals surface area (Å²) in [5.74, 6) is -0.722. The Bertz CT molecular complexity index is 333. The monoisotopic (exact) mass is 192 g/mol. The van der Waals surface area contributed by atoms with E-state index < -0.39 is 11.4 Å². The zero-order valence-electron chi connectivity index (χ0n) is 7.73. The van der Waals surface area contributed by atoms with Crippen LogP contribution in [-0.2, 0) is 11.2 Å². The standard InChI is InChI=1S/C10H12N2O2/c13-9(14)10(6-12-7-10)4-8-2-1-3-11-5-8/h1-3,5,12H,4,6-7H2,(H,13,14). The second kappa shape index (κ2) is 3.38. The quantitative estimate of drug-likeness (QED) is 0.723. The van der Waals surface area contributed by atoms with Crippen molar-refractivity contribution in [3.05, 3.63) is 30.1 Å². The van der Waals surface area contributed by atoms with Gasteiger partial charge in [-0.15, -0.1) is 0 Å². The molecule has 0 spiro atoms. The van der Waals surface area contributed by atoms with Crippen LogP contribution in [-0.4, -0.2) is 29.1 Å². The molecule has 1 aromatic rings. The minimum absolute atomic E-state index is 0.553. The number of hydrogen-bond donors (Lipinski definition) is 2. The number of carboxylic acids is 1. The minimum Gasteiger partial charge on any atom is -0.481 e. The van der Waals surface area contributed by atoms with Crippen molar-refractivity contribution in [2.24, 2.45) is 5.41 Å². The third-order valence-corrected chi connectivity index (χ3v) is 2.65. The summed E-state index contributed by atoms with van der Waals surface area (Å²) in [6, 6.07) is 3.74. The lowest BCUT2D eigenvalue weighted by atomic mass is 9.77. The minimum atomic E-state index is -0.722. The first-order valence-corrected chi connectivity index (χ1v) is 4.56. The topological polar surface area (TPSA) is 62.2 Å². The van der Waals surface area contributed by atoms with E-state index >= 15 is 0 Å². The molecule has 2 heterocycles. The van der Waals surface area contributed by atoms with Gasteiger partial charge in [0, 0.05) is 25.5 Å². The second-order valence-electron chi connectivity index (χ2n) is 3.73. The molecular weight excluding hydrogens is 180 g/mol. The molecule has 0 unspecified atom stereocenters. The van der Waals surface area contributed by atoms with Crippen molar-refractivity contribution in [3.8, 4) is 0 Å². The molecule has 14 heavy (non-hydrogen) atoms. The maximum absolute atomic E-state index is 11.0. The molecule has 0 radical (unpaired) electrons. The SMILES string of the molecule is O=C(O)C1(Cc2cccnc2)CNC1. The number of aliphatic carboxylic acids is 1. The molecule has 2 rings (SSSR count). The number of pyridine rings is 1. The smallest absolute Gasteiger partial charge is 0.312 e. The van der Waals surface area contributed by atoms with Crippen LogP contribution in [0.1, 0.15) is 5.56 Å². The summed E-state index contributed by atoms with van der Waals surface area (Å²) in [7, 11) is 0. The molecule has 4 heteroatoms. The summed E-state index contributed by atoms with van der Waals surface area (Å²) >= 11 is 0. The van der Waals surface area contributed by atoms with E-state index in [1.807, 2.05) is 12.1 Å². The molecule has 0 aliphatic carbocycles. The Morgan fingerprint density at radius 3 is 2.86 bits per heavy atom. The molecule has 0 amide bonds. The third-order valence-electron chi connectivity index (χ3n) is 2.65. The summed E-state index contributed by atoms with van der Waals surface area (Å²) in [6.45, 7) is 1.11. The van der Waals surface area contributed by atoms with E-state index in [1.165, 1.54) is 0 Å². The predicted octanol–water partition coefficient (Wildman–Crippen LogP) is 0.298. The van der Waals surface area contributed by atoms with Gasteiger partial charge in [-0.05, 0) is 18.1 Å². The van der Waals surface area contributed by atoms with Gasteiger partial charge in [-0.3, -0.25) is 9.78 Å². The van der Waals surface area contributed by atoms with Crippen LogP contribution in [0.25, 0.3) is 0 Å². The van der Waals surface area contributed by atoms with Crippen LogP contribution in [0.15, 0.2) is 24.5 Å². The fourth-order valence-electron chi connectivity index (χ4n) is 1.67. The van der Waals surface area contributed by atoms with Gasteiger partial charge in [-0.1, -0.05) is 6.07 Å². The highest BCUT2D eigenvalue weighted by Crippen LogP contribution is 2.27. The number of aromatic nitrogens is 1. The normalized spacial score (nSPS) is 18.6. The molecule has 1 aliphatic heterocycles. The number of nitrogens with zero attached hydrogens (tertiary/aromatic N) is 1. The van der Waals surface area contributed by atoms with E-state index in [0.29, 0.717) is 19.5 Å². The molecule has 74 valence electrons. The number of carboxylic acid groups (broad SMARTS) is 1. The molecule has 1 aromatic heterocycles. The molecule has 0 atom stereocenters. The Hall–Kier alpha value is -1.42. The fourth-order valence-corrected chi connectivity index (χ4v) is 1.67. The number of nitrogens with one attached hydrogen (secondary N) is 1. The number of hydrogen-bond acceptors (Lipinski definition) is 3. The molecule has 0 aromatic carbocycles. The van der Waals surface area contributed by atoms with E-state index in [9.17, 15) is 4.79 Å². The predicted molar refractivity (Wildman–Crippen MR) is 50.9 cm³/mol. The average molecular weight is 192 g/mol. The summed E-state index contributed by atoms with van der Waals surface area (Å²) in [4.78, 5) is 15.0. The van der Waals surface area contributed by atoms with Gasteiger partial charge in [0.1, 0.15) is 0 Å².